The summed E-state index contributed by atoms with van der Waals surface area (Å²) in [6.45, 7) is 4.49. The Morgan fingerprint density at radius 2 is 1.17 bits per heavy atom. The quantitative estimate of drug-likeness (QED) is 0.247. The molecule has 0 nitrogen and oxygen atoms in total. The van der Waals surface area contributed by atoms with Gasteiger partial charge in [0.25, 0.3) is 0 Å². The van der Waals surface area contributed by atoms with Crippen molar-refractivity contribution in [1.82, 2.24) is 0 Å². The fraction of sp³-hybridized carbons (Fsp3) is 0.0698. The molecular formula is C43H31Cl2Zr. The number of hydrogen-bond acceptors (Lipinski definition) is 0. The topological polar surface area (TPSA) is 0 Å². The maximum atomic E-state index is 3.90. The molecule has 6 aromatic rings. The van der Waals surface area contributed by atoms with E-state index in [2.05, 4.69) is 166 Å². The Hall–Kier alpha value is -3.74. The number of benzene rings is 6. The molecule has 1 unspecified atom stereocenters. The predicted octanol–water partition coefficient (Wildman–Crippen LogP) is 2.82. The zero-order valence-corrected chi connectivity index (χ0v) is 29.7. The van der Waals surface area contributed by atoms with Crippen molar-refractivity contribution in [2.45, 2.75) is 19.8 Å². The molecule has 0 N–H and O–H groups in total. The smallest absolute Gasteiger partial charge is 1.00 e. The van der Waals surface area contributed by atoms with Crippen molar-refractivity contribution >= 4 is 17.2 Å². The number of rotatable bonds is 4. The van der Waals surface area contributed by atoms with Crippen LogP contribution in [0.4, 0.5) is 0 Å². The molecule has 0 aromatic heterocycles. The molecule has 0 aliphatic heterocycles. The van der Waals surface area contributed by atoms with E-state index >= 15 is 0 Å². The third-order valence-corrected chi connectivity index (χ3v) is 9.07. The van der Waals surface area contributed by atoms with Gasteiger partial charge in [0.15, 0.2) is 0 Å². The van der Waals surface area contributed by atoms with Crippen LogP contribution in [0.1, 0.15) is 56.0 Å². The molecule has 2 aliphatic rings. The molecular weight excluding hydrogens is 679 g/mol. The van der Waals surface area contributed by atoms with E-state index in [1.54, 1.807) is 0 Å². The third-order valence-electron chi connectivity index (χ3n) is 9.07. The minimum Gasteiger partial charge on any atom is -1.00 e. The van der Waals surface area contributed by atoms with Gasteiger partial charge in [-0.05, 0) is 58.0 Å². The third kappa shape index (κ3) is 5.71. The summed E-state index contributed by atoms with van der Waals surface area (Å²) in [6.07, 6.45) is 6.39. The number of aryl methyl sites for hydroxylation is 1. The van der Waals surface area contributed by atoms with Gasteiger partial charge in [0, 0.05) is 5.92 Å². The van der Waals surface area contributed by atoms with E-state index in [0.29, 0.717) is 0 Å². The molecule has 0 saturated heterocycles. The zero-order valence-electron chi connectivity index (χ0n) is 25.7. The van der Waals surface area contributed by atoms with E-state index in [1.165, 1.54) is 82.8 Å². The van der Waals surface area contributed by atoms with Crippen molar-refractivity contribution in [3.05, 3.63) is 206 Å². The first-order chi connectivity index (χ1) is 21.2. The molecule has 0 bridgehead atoms. The van der Waals surface area contributed by atoms with Crippen LogP contribution in [-0.2, 0) is 26.2 Å². The average molecular weight is 710 g/mol. The van der Waals surface area contributed by atoms with Crippen molar-refractivity contribution in [3.63, 3.8) is 0 Å². The summed E-state index contributed by atoms with van der Waals surface area (Å²) in [4.78, 5) is 0. The van der Waals surface area contributed by atoms with E-state index in [9.17, 15) is 0 Å². The summed E-state index contributed by atoms with van der Waals surface area (Å²) in [5.74, 6) is 0.121. The minimum absolute atomic E-state index is 0. The largest absolute Gasteiger partial charge is 3.00 e. The van der Waals surface area contributed by atoms with E-state index in [1.807, 2.05) is 0 Å². The number of hydrogen-bond donors (Lipinski definition) is 0. The van der Waals surface area contributed by atoms with Crippen LogP contribution in [0.25, 0.3) is 28.3 Å². The molecule has 1 radical (unpaired) electrons. The van der Waals surface area contributed by atoms with Gasteiger partial charge >= 0.3 is 26.2 Å². The molecule has 8 rings (SSSR count). The summed E-state index contributed by atoms with van der Waals surface area (Å²) in [5, 5.41) is 2.51. The Morgan fingerprint density at radius 3 is 1.83 bits per heavy atom. The number of allylic oxidation sites excluding steroid dienone is 1. The molecule has 0 amide bonds. The monoisotopic (exact) mass is 707 g/mol. The Morgan fingerprint density at radius 1 is 0.587 bits per heavy atom. The van der Waals surface area contributed by atoms with Crippen molar-refractivity contribution in [2.24, 2.45) is 0 Å². The van der Waals surface area contributed by atoms with Gasteiger partial charge < -0.3 is 24.8 Å². The van der Waals surface area contributed by atoms with Gasteiger partial charge in [-0.1, -0.05) is 156 Å². The van der Waals surface area contributed by atoms with Crippen LogP contribution in [0.15, 0.2) is 146 Å². The second-order valence-corrected chi connectivity index (χ2v) is 11.7. The van der Waals surface area contributed by atoms with E-state index in [4.69, 9.17) is 0 Å². The standard InChI is InChI=1S/C43H31.2ClH.Zr/c1-28-22-23-34-33(24-28)25-40-39(34)26-37(43(31-16-8-4-9-17-31)32-18-10-5-11-19-32)29(2)42(40)41-27-38(30-14-6-3-7-15-30)35-20-12-13-21-36(35)41;;;/h3-24,26-27,41H,1-2H3;2*1H;/q-1;;;+3/p-2. The van der Waals surface area contributed by atoms with Gasteiger partial charge in [0.1, 0.15) is 0 Å². The van der Waals surface area contributed by atoms with Crippen LogP contribution in [0.5, 0.6) is 0 Å². The van der Waals surface area contributed by atoms with Gasteiger partial charge in [-0.15, -0.1) is 34.1 Å². The molecule has 6 aromatic carbocycles. The van der Waals surface area contributed by atoms with Gasteiger partial charge in [0.2, 0.25) is 0 Å². The Labute approximate surface area is 303 Å². The van der Waals surface area contributed by atoms with E-state index in [0.717, 1.165) is 0 Å². The second kappa shape index (κ2) is 13.9. The van der Waals surface area contributed by atoms with Gasteiger partial charge in [-0.2, -0.15) is 0 Å². The van der Waals surface area contributed by atoms with Crippen LogP contribution in [0, 0.1) is 13.8 Å². The summed E-state index contributed by atoms with van der Waals surface area (Å²) >= 11 is 0. The van der Waals surface area contributed by atoms with Crippen molar-refractivity contribution < 1.29 is 51.0 Å². The summed E-state index contributed by atoms with van der Waals surface area (Å²) < 4.78 is 0. The first-order valence-corrected chi connectivity index (χ1v) is 15.1. The summed E-state index contributed by atoms with van der Waals surface area (Å²) in [7, 11) is 0. The maximum absolute atomic E-state index is 3.90. The Balaban J connectivity index is 0.00000139. The van der Waals surface area contributed by atoms with Crippen LogP contribution in [-0.4, -0.2) is 0 Å². The van der Waals surface area contributed by atoms with E-state index < -0.39 is 0 Å². The van der Waals surface area contributed by atoms with Crippen molar-refractivity contribution in [3.8, 4) is 11.1 Å². The minimum atomic E-state index is 0. The number of fused-ring (bicyclic) bond motifs is 4. The molecule has 2 aliphatic carbocycles. The van der Waals surface area contributed by atoms with E-state index in [-0.39, 0.29) is 56.9 Å². The predicted molar refractivity (Wildman–Crippen MR) is 179 cm³/mol. The van der Waals surface area contributed by atoms with Crippen molar-refractivity contribution in [2.75, 3.05) is 0 Å². The zero-order chi connectivity index (χ0) is 28.9. The molecule has 46 heavy (non-hydrogen) atoms. The van der Waals surface area contributed by atoms with Crippen LogP contribution in [0.2, 0.25) is 0 Å². The van der Waals surface area contributed by atoms with Gasteiger partial charge in [0.05, 0.1) is 0 Å². The maximum Gasteiger partial charge on any atom is 3.00 e. The molecule has 221 valence electrons. The average Bonchev–Trinajstić information content (AvgIpc) is 3.61. The normalized spacial score (nSPS) is 13.4. The fourth-order valence-corrected chi connectivity index (χ4v) is 7.08. The van der Waals surface area contributed by atoms with Gasteiger partial charge in [-0.3, -0.25) is 0 Å². The Bertz CT molecular complexity index is 2140. The van der Waals surface area contributed by atoms with Gasteiger partial charge in [-0.25, -0.2) is 0 Å². The Kier molecular flexibility index (Phi) is 10.2. The summed E-state index contributed by atoms with van der Waals surface area (Å²) in [6, 6.07) is 50.7. The molecule has 0 fully saturated rings. The fourth-order valence-electron chi connectivity index (χ4n) is 7.08. The molecule has 1 atom stereocenters. The molecule has 3 heteroatoms. The van der Waals surface area contributed by atoms with Crippen LogP contribution in [0.3, 0.4) is 0 Å². The first-order valence-electron chi connectivity index (χ1n) is 15.1. The second-order valence-electron chi connectivity index (χ2n) is 11.7. The summed E-state index contributed by atoms with van der Waals surface area (Å²) in [5.41, 5.74) is 16.6. The SMILES string of the molecule is Cc1ccc2c(c1)[C-]=c1c-2cc(=C(c2ccccc2)c2ccccc2)c(C)c1C1C=C(c2ccccc2)c2ccccc21.[Cl-].[Cl-].[Zr+3]. The van der Waals surface area contributed by atoms with Crippen LogP contribution < -0.4 is 35.3 Å². The first kappa shape index (κ1) is 33.6. The molecule has 0 heterocycles. The van der Waals surface area contributed by atoms with Crippen LogP contribution >= 0.6 is 0 Å². The van der Waals surface area contributed by atoms with Crippen molar-refractivity contribution in [1.29, 1.82) is 0 Å². The molecule has 0 spiro atoms. The molecule has 0 saturated carbocycles. The number of halogens is 2.